The van der Waals surface area contributed by atoms with Gasteiger partial charge in [0.25, 0.3) is 0 Å². The minimum absolute atomic E-state index is 0.00313. The molecule has 0 fully saturated rings. The van der Waals surface area contributed by atoms with Crippen LogP contribution >= 0.6 is 0 Å². The van der Waals surface area contributed by atoms with Gasteiger partial charge < -0.3 is 15.2 Å². The summed E-state index contributed by atoms with van der Waals surface area (Å²) < 4.78 is 5.33. The van der Waals surface area contributed by atoms with E-state index in [1.165, 1.54) is 6.07 Å². The van der Waals surface area contributed by atoms with Gasteiger partial charge in [-0.1, -0.05) is 6.07 Å². The smallest absolute Gasteiger partial charge is 0.310 e. The van der Waals surface area contributed by atoms with E-state index in [4.69, 9.17) is 4.74 Å². The first kappa shape index (κ1) is 14.4. The van der Waals surface area contributed by atoms with Crippen LogP contribution in [0.25, 0.3) is 0 Å². The van der Waals surface area contributed by atoms with Crippen LogP contribution in [0.1, 0.15) is 19.4 Å². The van der Waals surface area contributed by atoms with Gasteiger partial charge in [0.05, 0.1) is 10.5 Å². The number of hydrogen-bond donors (Lipinski definition) is 2. The van der Waals surface area contributed by atoms with E-state index < -0.39 is 10.5 Å². The summed E-state index contributed by atoms with van der Waals surface area (Å²) in [5.74, 6) is 0.176. The number of aliphatic hydroxyl groups is 1. The Bertz CT molecular complexity index is 427. The molecule has 0 saturated carbocycles. The zero-order valence-electron chi connectivity index (χ0n) is 10.8. The third-order valence-electron chi connectivity index (χ3n) is 2.18. The highest BCUT2D eigenvalue weighted by Crippen LogP contribution is 2.28. The first-order valence-corrected chi connectivity index (χ1v) is 5.60. The molecular formula is C12H18N2O4. The van der Waals surface area contributed by atoms with Crippen molar-refractivity contribution in [2.45, 2.75) is 26.0 Å². The lowest BCUT2D eigenvalue weighted by Gasteiger charge is -2.18. The summed E-state index contributed by atoms with van der Waals surface area (Å²) in [5, 5.41) is 23.4. The largest absolute Gasteiger partial charge is 0.484 e. The molecule has 0 aromatic heterocycles. The highest BCUT2D eigenvalue weighted by Gasteiger charge is 2.19. The summed E-state index contributed by atoms with van der Waals surface area (Å²) in [6, 6.07) is 4.69. The monoisotopic (exact) mass is 254 g/mol. The van der Waals surface area contributed by atoms with Crippen molar-refractivity contribution < 1.29 is 14.8 Å². The molecule has 0 amide bonds. The van der Waals surface area contributed by atoms with Crippen LogP contribution in [-0.4, -0.2) is 29.3 Å². The van der Waals surface area contributed by atoms with Gasteiger partial charge in [-0.25, -0.2) is 0 Å². The van der Waals surface area contributed by atoms with Crippen LogP contribution in [-0.2, 0) is 6.54 Å². The minimum atomic E-state index is -1.03. The predicted octanol–water partition coefficient (Wildman–Crippen LogP) is 1.46. The van der Waals surface area contributed by atoms with Gasteiger partial charge >= 0.3 is 5.69 Å². The van der Waals surface area contributed by atoms with Gasteiger partial charge in [-0.05, 0) is 32.5 Å². The average Bonchev–Trinajstić information content (AvgIpc) is 2.25. The molecule has 0 aliphatic carbocycles. The maximum atomic E-state index is 10.9. The fourth-order valence-corrected chi connectivity index (χ4v) is 1.39. The van der Waals surface area contributed by atoms with E-state index in [1.54, 1.807) is 33.0 Å². The standard InChI is InChI=1S/C12H18N2O4/c1-12(2,15)8-18-11-6-9(7-13-3)4-5-10(11)14(16)17/h4-6,13,15H,7-8H2,1-3H3. The molecule has 0 spiro atoms. The molecule has 0 aliphatic rings. The Morgan fingerprint density at radius 2 is 2.17 bits per heavy atom. The average molecular weight is 254 g/mol. The second-order valence-electron chi connectivity index (χ2n) is 4.69. The fourth-order valence-electron chi connectivity index (χ4n) is 1.39. The van der Waals surface area contributed by atoms with Crippen molar-refractivity contribution in [1.82, 2.24) is 5.32 Å². The van der Waals surface area contributed by atoms with Crippen LogP contribution in [0, 0.1) is 10.1 Å². The highest BCUT2D eigenvalue weighted by atomic mass is 16.6. The van der Waals surface area contributed by atoms with Gasteiger partial charge in [0.1, 0.15) is 6.61 Å². The van der Waals surface area contributed by atoms with E-state index in [1.807, 2.05) is 0 Å². The maximum Gasteiger partial charge on any atom is 0.310 e. The summed E-state index contributed by atoms with van der Waals surface area (Å²) in [6.45, 7) is 3.75. The van der Waals surface area contributed by atoms with Gasteiger partial charge in [-0.3, -0.25) is 10.1 Å². The number of benzene rings is 1. The second kappa shape index (κ2) is 5.79. The number of ether oxygens (including phenoxy) is 1. The van der Waals surface area contributed by atoms with Crippen molar-refractivity contribution in [3.8, 4) is 5.75 Å². The summed E-state index contributed by atoms with van der Waals surface area (Å²) >= 11 is 0. The second-order valence-corrected chi connectivity index (χ2v) is 4.69. The van der Waals surface area contributed by atoms with Crippen LogP contribution in [0.5, 0.6) is 5.75 Å². The lowest BCUT2D eigenvalue weighted by atomic mass is 10.1. The highest BCUT2D eigenvalue weighted by molar-refractivity contribution is 5.48. The molecule has 100 valence electrons. The molecule has 0 heterocycles. The van der Waals surface area contributed by atoms with Crippen molar-refractivity contribution in [3.05, 3.63) is 33.9 Å². The molecule has 18 heavy (non-hydrogen) atoms. The molecule has 0 bridgehead atoms. The molecule has 6 heteroatoms. The molecular weight excluding hydrogens is 236 g/mol. The van der Waals surface area contributed by atoms with E-state index in [0.717, 1.165) is 5.56 Å². The number of nitro groups is 1. The molecule has 6 nitrogen and oxygen atoms in total. The minimum Gasteiger partial charge on any atom is -0.484 e. The molecule has 1 rings (SSSR count). The number of rotatable bonds is 6. The molecule has 0 saturated heterocycles. The summed E-state index contributed by atoms with van der Waals surface area (Å²) in [4.78, 5) is 10.4. The number of nitrogens with one attached hydrogen (secondary N) is 1. The Balaban J connectivity index is 2.96. The van der Waals surface area contributed by atoms with E-state index >= 15 is 0 Å². The van der Waals surface area contributed by atoms with Gasteiger partial charge in [-0.15, -0.1) is 0 Å². The Morgan fingerprint density at radius 1 is 1.50 bits per heavy atom. The third-order valence-corrected chi connectivity index (χ3v) is 2.18. The van der Waals surface area contributed by atoms with Gasteiger partial charge in [0.15, 0.2) is 5.75 Å². The van der Waals surface area contributed by atoms with E-state index in [9.17, 15) is 15.2 Å². The normalized spacial score (nSPS) is 11.3. The van der Waals surface area contributed by atoms with Crippen molar-refractivity contribution >= 4 is 5.69 Å². The van der Waals surface area contributed by atoms with Crippen molar-refractivity contribution in [2.75, 3.05) is 13.7 Å². The molecule has 0 atom stereocenters. The summed E-state index contributed by atoms with van der Waals surface area (Å²) in [7, 11) is 1.79. The summed E-state index contributed by atoms with van der Waals surface area (Å²) in [6.07, 6.45) is 0. The van der Waals surface area contributed by atoms with Crippen LogP contribution in [0.3, 0.4) is 0 Å². The maximum absolute atomic E-state index is 10.9. The van der Waals surface area contributed by atoms with Gasteiger partial charge in [-0.2, -0.15) is 0 Å². The predicted molar refractivity (Wildman–Crippen MR) is 67.7 cm³/mol. The van der Waals surface area contributed by atoms with E-state index in [0.29, 0.717) is 6.54 Å². The molecule has 1 aromatic rings. The molecule has 0 radical (unpaired) electrons. The van der Waals surface area contributed by atoms with Gasteiger partial charge in [0.2, 0.25) is 0 Å². The van der Waals surface area contributed by atoms with Crippen LogP contribution in [0.15, 0.2) is 18.2 Å². The number of nitrogens with zero attached hydrogens (tertiary/aromatic N) is 1. The first-order valence-electron chi connectivity index (χ1n) is 5.60. The number of nitro benzene ring substituents is 1. The Kier molecular flexibility index (Phi) is 4.63. The Hall–Kier alpha value is -1.66. The third kappa shape index (κ3) is 4.31. The quantitative estimate of drug-likeness (QED) is 0.593. The van der Waals surface area contributed by atoms with Gasteiger partial charge in [0, 0.05) is 12.6 Å². The summed E-state index contributed by atoms with van der Waals surface area (Å²) in [5.41, 5.74) is -0.250. The van der Waals surface area contributed by atoms with Crippen LogP contribution in [0.4, 0.5) is 5.69 Å². The molecule has 0 unspecified atom stereocenters. The number of hydrogen-bond acceptors (Lipinski definition) is 5. The Morgan fingerprint density at radius 3 is 2.67 bits per heavy atom. The lowest BCUT2D eigenvalue weighted by Crippen LogP contribution is -2.28. The van der Waals surface area contributed by atoms with Crippen LogP contribution < -0.4 is 10.1 Å². The van der Waals surface area contributed by atoms with Crippen molar-refractivity contribution in [2.24, 2.45) is 0 Å². The van der Waals surface area contributed by atoms with E-state index in [-0.39, 0.29) is 18.0 Å². The van der Waals surface area contributed by atoms with Crippen LogP contribution in [0.2, 0.25) is 0 Å². The van der Waals surface area contributed by atoms with E-state index in [2.05, 4.69) is 5.32 Å². The SMILES string of the molecule is CNCc1ccc([N+](=O)[O-])c(OCC(C)(C)O)c1. The molecule has 1 aromatic carbocycles. The topological polar surface area (TPSA) is 84.6 Å². The zero-order valence-corrected chi connectivity index (χ0v) is 10.8. The molecule has 0 aliphatic heterocycles. The van der Waals surface area contributed by atoms with Crippen molar-refractivity contribution in [3.63, 3.8) is 0 Å². The Labute approximate surface area is 106 Å². The first-order chi connectivity index (χ1) is 8.33. The fraction of sp³-hybridized carbons (Fsp3) is 0.500. The van der Waals surface area contributed by atoms with Crippen molar-refractivity contribution in [1.29, 1.82) is 0 Å². The lowest BCUT2D eigenvalue weighted by molar-refractivity contribution is -0.386. The zero-order chi connectivity index (χ0) is 13.8. The molecule has 2 N–H and O–H groups in total.